The third-order valence-electron chi connectivity index (χ3n) is 2.97. The van der Waals surface area contributed by atoms with Gasteiger partial charge in [0.2, 0.25) is 0 Å². The standard InChI is InChI=1S/C14H18N2O3/c1-2-3-10-19-12-6-4-11(5-7-12)13(17)16-9-8-15-14(16)18/h4-7H,2-3,8-10H2,1H3,(H,15,18). The normalized spacial score (nSPS) is 14.4. The van der Waals surface area contributed by atoms with E-state index in [1.165, 1.54) is 4.90 Å². The molecule has 1 fully saturated rings. The first-order valence-electron chi connectivity index (χ1n) is 6.55. The summed E-state index contributed by atoms with van der Waals surface area (Å²) in [5.74, 6) is 0.478. The van der Waals surface area contributed by atoms with Gasteiger partial charge in [0.15, 0.2) is 0 Å². The molecule has 2 rings (SSSR count). The predicted octanol–water partition coefficient (Wildman–Crippen LogP) is 2.03. The molecule has 0 radical (unpaired) electrons. The molecular weight excluding hydrogens is 244 g/mol. The smallest absolute Gasteiger partial charge is 0.324 e. The second kappa shape index (κ2) is 6.22. The number of urea groups is 1. The fraction of sp³-hybridized carbons (Fsp3) is 0.429. The van der Waals surface area contributed by atoms with Gasteiger partial charge in [-0.15, -0.1) is 0 Å². The average molecular weight is 262 g/mol. The van der Waals surface area contributed by atoms with E-state index >= 15 is 0 Å². The molecule has 0 saturated carbocycles. The molecule has 1 aliphatic rings. The molecule has 1 heterocycles. The van der Waals surface area contributed by atoms with E-state index in [-0.39, 0.29) is 11.9 Å². The molecular formula is C14H18N2O3. The van der Waals surface area contributed by atoms with Gasteiger partial charge in [-0.05, 0) is 30.7 Å². The second-order valence-corrected chi connectivity index (χ2v) is 4.42. The minimum atomic E-state index is -0.326. The Balaban J connectivity index is 1.97. The molecule has 0 spiro atoms. The molecule has 0 bridgehead atoms. The van der Waals surface area contributed by atoms with Crippen LogP contribution in [0.2, 0.25) is 0 Å². The van der Waals surface area contributed by atoms with Gasteiger partial charge in [-0.2, -0.15) is 0 Å². The Morgan fingerprint density at radius 1 is 1.37 bits per heavy atom. The number of benzene rings is 1. The lowest BCUT2D eigenvalue weighted by molar-refractivity contribution is 0.0829. The molecule has 19 heavy (non-hydrogen) atoms. The minimum absolute atomic E-state index is 0.268. The Morgan fingerprint density at radius 2 is 2.11 bits per heavy atom. The highest BCUT2D eigenvalue weighted by Gasteiger charge is 2.26. The van der Waals surface area contributed by atoms with Gasteiger partial charge in [0.1, 0.15) is 5.75 Å². The van der Waals surface area contributed by atoms with Crippen molar-refractivity contribution in [2.24, 2.45) is 0 Å². The number of rotatable bonds is 5. The first-order valence-corrected chi connectivity index (χ1v) is 6.55. The van der Waals surface area contributed by atoms with Gasteiger partial charge in [-0.3, -0.25) is 9.69 Å². The van der Waals surface area contributed by atoms with Crippen LogP contribution in [-0.2, 0) is 0 Å². The van der Waals surface area contributed by atoms with Crippen LogP contribution in [0.25, 0.3) is 0 Å². The van der Waals surface area contributed by atoms with Gasteiger partial charge in [0.25, 0.3) is 5.91 Å². The highest BCUT2D eigenvalue weighted by molar-refractivity contribution is 6.05. The Kier molecular flexibility index (Phi) is 4.39. The fourth-order valence-corrected chi connectivity index (χ4v) is 1.85. The maximum atomic E-state index is 12.1. The van der Waals surface area contributed by atoms with Crippen LogP contribution in [0.15, 0.2) is 24.3 Å². The summed E-state index contributed by atoms with van der Waals surface area (Å²) in [5, 5.41) is 2.61. The van der Waals surface area contributed by atoms with Gasteiger partial charge in [0, 0.05) is 18.7 Å². The monoisotopic (exact) mass is 262 g/mol. The van der Waals surface area contributed by atoms with E-state index < -0.39 is 0 Å². The number of nitrogens with one attached hydrogen (secondary N) is 1. The first-order chi connectivity index (χ1) is 9.22. The number of carbonyl (C=O) groups is 2. The van der Waals surface area contributed by atoms with Crippen molar-refractivity contribution < 1.29 is 14.3 Å². The van der Waals surface area contributed by atoms with Gasteiger partial charge in [-0.25, -0.2) is 4.79 Å². The molecule has 3 amide bonds. The number of imide groups is 1. The summed E-state index contributed by atoms with van der Waals surface area (Å²) in [5.41, 5.74) is 0.500. The number of nitrogens with zero attached hydrogens (tertiary/aromatic N) is 1. The van der Waals surface area contributed by atoms with Crippen LogP contribution < -0.4 is 10.1 Å². The predicted molar refractivity (Wildman–Crippen MR) is 71.3 cm³/mol. The Labute approximate surface area is 112 Å². The molecule has 1 aromatic carbocycles. The lowest BCUT2D eigenvalue weighted by Gasteiger charge is -2.12. The molecule has 1 aromatic rings. The molecule has 0 aromatic heterocycles. The van der Waals surface area contributed by atoms with Gasteiger partial charge in [0.05, 0.1) is 6.61 Å². The Bertz CT molecular complexity index is 456. The molecule has 5 nitrogen and oxygen atoms in total. The molecule has 1 aliphatic heterocycles. The van der Waals surface area contributed by atoms with Gasteiger partial charge in [-0.1, -0.05) is 13.3 Å². The van der Waals surface area contributed by atoms with Crippen LogP contribution in [0.4, 0.5) is 4.79 Å². The average Bonchev–Trinajstić information content (AvgIpc) is 2.85. The van der Waals surface area contributed by atoms with Crippen molar-refractivity contribution in [1.29, 1.82) is 0 Å². The van der Waals surface area contributed by atoms with Crippen LogP contribution in [0, 0.1) is 0 Å². The summed E-state index contributed by atoms with van der Waals surface area (Å²) in [6.07, 6.45) is 2.09. The zero-order valence-electron chi connectivity index (χ0n) is 11.0. The van der Waals surface area contributed by atoms with Gasteiger partial charge < -0.3 is 10.1 Å². The molecule has 1 N–H and O–H groups in total. The van der Waals surface area contributed by atoms with E-state index in [0.717, 1.165) is 18.6 Å². The molecule has 0 aliphatic carbocycles. The Morgan fingerprint density at radius 3 is 2.68 bits per heavy atom. The lowest BCUT2D eigenvalue weighted by atomic mass is 10.2. The number of unbranched alkanes of at least 4 members (excludes halogenated alkanes) is 1. The SMILES string of the molecule is CCCCOc1ccc(C(=O)N2CCNC2=O)cc1. The van der Waals surface area contributed by atoms with Crippen molar-refractivity contribution in [3.8, 4) is 5.75 Å². The third kappa shape index (κ3) is 3.24. The van der Waals surface area contributed by atoms with Crippen molar-refractivity contribution >= 4 is 11.9 Å². The van der Waals surface area contributed by atoms with E-state index in [1.807, 2.05) is 0 Å². The van der Waals surface area contributed by atoms with Crippen molar-refractivity contribution in [2.75, 3.05) is 19.7 Å². The van der Waals surface area contributed by atoms with Gasteiger partial charge >= 0.3 is 6.03 Å². The summed E-state index contributed by atoms with van der Waals surface area (Å²) in [6.45, 7) is 3.72. The van der Waals surface area contributed by atoms with Crippen LogP contribution in [0.1, 0.15) is 30.1 Å². The van der Waals surface area contributed by atoms with Crippen LogP contribution in [0.5, 0.6) is 5.75 Å². The summed E-state index contributed by atoms with van der Waals surface area (Å²) in [4.78, 5) is 24.7. The summed E-state index contributed by atoms with van der Waals surface area (Å²) >= 11 is 0. The molecule has 0 atom stereocenters. The maximum Gasteiger partial charge on any atom is 0.324 e. The van der Waals surface area contributed by atoms with E-state index in [4.69, 9.17) is 4.74 Å². The number of hydrogen-bond acceptors (Lipinski definition) is 3. The fourth-order valence-electron chi connectivity index (χ4n) is 1.85. The summed E-state index contributed by atoms with van der Waals surface area (Å²) in [7, 11) is 0. The summed E-state index contributed by atoms with van der Waals surface area (Å²) in [6, 6.07) is 6.58. The number of amides is 3. The second-order valence-electron chi connectivity index (χ2n) is 4.42. The van der Waals surface area contributed by atoms with E-state index in [2.05, 4.69) is 12.2 Å². The van der Waals surface area contributed by atoms with E-state index in [1.54, 1.807) is 24.3 Å². The van der Waals surface area contributed by atoms with E-state index in [0.29, 0.717) is 25.3 Å². The largest absolute Gasteiger partial charge is 0.494 e. The highest BCUT2D eigenvalue weighted by Crippen LogP contribution is 2.15. The van der Waals surface area contributed by atoms with Crippen LogP contribution >= 0.6 is 0 Å². The minimum Gasteiger partial charge on any atom is -0.494 e. The summed E-state index contributed by atoms with van der Waals surface area (Å²) < 4.78 is 5.52. The maximum absolute atomic E-state index is 12.1. The highest BCUT2D eigenvalue weighted by atomic mass is 16.5. The van der Waals surface area contributed by atoms with Crippen molar-refractivity contribution in [3.05, 3.63) is 29.8 Å². The van der Waals surface area contributed by atoms with Crippen molar-refractivity contribution in [3.63, 3.8) is 0 Å². The zero-order chi connectivity index (χ0) is 13.7. The third-order valence-corrected chi connectivity index (χ3v) is 2.97. The number of carbonyl (C=O) groups excluding carboxylic acids is 2. The van der Waals surface area contributed by atoms with Crippen LogP contribution in [0.3, 0.4) is 0 Å². The molecule has 0 unspecified atom stereocenters. The number of ether oxygens (including phenoxy) is 1. The van der Waals surface area contributed by atoms with Crippen molar-refractivity contribution in [2.45, 2.75) is 19.8 Å². The Hall–Kier alpha value is -2.04. The topological polar surface area (TPSA) is 58.6 Å². The molecule has 5 heteroatoms. The first kappa shape index (κ1) is 13.4. The van der Waals surface area contributed by atoms with Crippen LogP contribution in [-0.4, -0.2) is 36.5 Å². The van der Waals surface area contributed by atoms with E-state index in [9.17, 15) is 9.59 Å². The quantitative estimate of drug-likeness (QED) is 0.826. The lowest BCUT2D eigenvalue weighted by Crippen LogP contribution is -2.34. The van der Waals surface area contributed by atoms with Crippen molar-refractivity contribution in [1.82, 2.24) is 10.2 Å². The zero-order valence-corrected chi connectivity index (χ0v) is 11.0. The molecule has 1 saturated heterocycles. The molecule has 102 valence electrons. The number of hydrogen-bond donors (Lipinski definition) is 1.